The van der Waals surface area contributed by atoms with Crippen LogP contribution in [0.2, 0.25) is 0 Å². The Balaban J connectivity index is 0.000000188. The van der Waals surface area contributed by atoms with Crippen molar-refractivity contribution in [3.05, 3.63) is 144 Å². The summed E-state index contributed by atoms with van der Waals surface area (Å²) in [6.45, 7) is 5.25. The number of hydrogen-bond donors (Lipinski definition) is 2. The maximum atomic E-state index is 12.8. The van der Waals surface area contributed by atoms with Gasteiger partial charge in [-0.2, -0.15) is 15.8 Å². The Bertz CT molecular complexity index is 3480. The predicted octanol–water partition coefficient (Wildman–Crippen LogP) is 4.21. The van der Waals surface area contributed by atoms with Crippen LogP contribution in [0.3, 0.4) is 0 Å². The Morgan fingerprint density at radius 3 is 1.33 bits per heavy atom. The molecular formula is C60H63Cl4N16NaO5. The minimum Gasteiger partial charge on any atom is -1.00 e. The smallest absolute Gasteiger partial charge is 1.00 e. The fraction of sp³-hybridized carbons (Fsp3) is 0.383. The first-order valence-electron chi connectivity index (χ1n) is 27.6. The number of aliphatic hydroxyl groups is 1. The van der Waals surface area contributed by atoms with E-state index in [9.17, 15) is 14.4 Å². The molecule has 0 saturated carbocycles. The Hall–Kier alpha value is -6.91. The zero-order valence-corrected chi connectivity index (χ0v) is 52.4. The third-order valence-electron chi connectivity index (χ3n) is 15.5. The molecule has 2 aromatic carbocycles. The topological polar surface area (TPSA) is 270 Å². The number of rotatable bonds is 10. The molecule has 6 aliphatic rings. The van der Waals surface area contributed by atoms with Crippen LogP contribution in [0.4, 0.5) is 17.5 Å². The minimum atomic E-state index is -0.508. The number of carbonyl (C=O) groups is 3. The summed E-state index contributed by atoms with van der Waals surface area (Å²) in [6, 6.07) is 31.1. The van der Waals surface area contributed by atoms with Gasteiger partial charge in [0.25, 0.3) is 0 Å². The Labute approximate surface area is 543 Å². The van der Waals surface area contributed by atoms with Crippen molar-refractivity contribution < 1.29 is 55.2 Å². The molecule has 11 heterocycles. The van der Waals surface area contributed by atoms with Crippen molar-refractivity contribution in [3.63, 3.8) is 0 Å². The number of likely N-dealkylation sites (tertiary alicyclic amines) is 2. The van der Waals surface area contributed by atoms with Crippen LogP contribution >= 0.6 is 47.2 Å². The number of ether oxygens (including phenoxy) is 1. The SMILES string of the molecule is Cl.N#Cc1ccc(N2C3CCC2CN(C(=O)CCl)C3)nc1.N#Cc1ccc(N2C3CCC2CN(C(=O)COCc2cccc4nccnc24)C3)nc1.N#Cc1ccc(N2C3CCC2CNC3)nc1.O=C(Cl)CCl.OCc1cccc2nccnc12.[H-].[Na+]. The number of hydrogen-bond acceptors (Lipinski definition) is 19. The number of alkyl halides is 2. The molecule has 6 unspecified atom stereocenters. The number of fused-ring (bicyclic) bond motifs is 8. The Kier molecular flexibility index (Phi) is 25.3. The monoisotopic (exact) mass is 1250 g/mol. The molecule has 442 valence electrons. The number of amides is 2. The van der Waals surface area contributed by atoms with Crippen molar-refractivity contribution in [2.75, 3.05) is 72.3 Å². The summed E-state index contributed by atoms with van der Waals surface area (Å²) < 4.78 is 5.76. The van der Waals surface area contributed by atoms with Crippen LogP contribution in [0.15, 0.2) is 116 Å². The summed E-state index contributed by atoms with van der Waals surface area (Å²) >= 11 is 15.2. The van der Waals surface area contributed by atoms with Gasteiger partial charge < -0.3 is 41.1 Å². The van der Waals surface area contributed by atoms with Gasteiger partial charge in [0.1, 0.15) is 48.1 Å². The molecule has 0 radical (unpaired) electrons. The second-order valence-corrected chi connectivity index (χ2v) is 21.6. The summed E-state index contributed by atoms with van der Waals surface area (Å²) in [5, 5.41) is 38.4. The largest absolute Gasteiger partial charge is 1.00 e. The molecule has 5 aromatic heterocycles. The number of benzene rings is 2. The van der Waals surface area contributed by atoms with Crippen LogP contribution in [0.25, 0.3) is 22.1 Å². The van der Waals surface area contributed by atoms with Gasteiger partial charge in [0, 0.05) is 130 Å². The molecule has 0 aliphatic carbocycles. The second kappa shape index (κ2) is 32.7. The van der Waals surface area contributed by atoms with Crippen molar-refractivity contribution in [1.82, 2.24) is 50.0 Å². The van der Waals surface area contributed by atoms with Crippen LogP contribution < -0.4 is 49.6 Å². The van der Waals surface area contributed by atoms with E-state index in [0.29, 0.717) is 73.6 Å². The first-order valence-corrected chi connectivity index (χ1v) is 29.0. The molecular weight excluding hydrogens is 1190 g/mol. The molecule has 6 saturated heterocycles. The Morgan fingerprint density at radius 2 is 0.942 bits per heavy atom. The van der Waals surface area contributed by atoms with Crippen molar-refractivity contribution in [2.45, 2.75) is 88.0 Å². The van der Waals surface area contributed by atoms with Crippen LogP contribution in [0, 0.1) is 34.0 Å². The van der Waals surface area contributed by atoms with Gasteiger partial charge in [-0.25, -0.2) is 15.0 Å². The summed E-state index contributed by atoms with van der Waals surface area (Å²) in [5.74, 6) is 2.77. The van der Waals surface area contributed by atoms with E-state index in [2.05, 4.69) is 73.1 Å². The van der Waals surface area contributed by atoms with E-state index >= 15 is 0 Å². The van der Waals surface area contributed by atoms with Crippen molar-refractivity contribution >= 4 is 104 Å². The molecule has 13 rings (SSSR count). The number of carbonyl (C=O) groups excluding carboxylic acids is 3. The molecule has 26 heteroatoms. The van der Waals surface area contributed by atoms with E-state index in [4.69, 9.17) is 60.4 Å². The van der Waals surface area contributed by atoms with Gasteiger partial charge in [-0.05, 0) is 98.7 Å². The van der Waals surface area contributed by atoms with E-state index in [1.807, 2.05) is 70.5 Å². The molecule has 7 aromatic rings. The van der Waals surface area contributed by atoms with Gasteiger partial charge in [0.2, 0.25) is 17.1 Å². The second-order valence-electron chi connectivity index (χ2n) is 20.6. The number of aromatic nitrogens is 7. The molecule has 2 N–H and O–H groups in total. The number of anilines is 3. The molecule has 6 fully saturated rings. The van der Waals surface area contributed by atoms with Gasteiger partial charge in [-0.3, -0.25) is 34.3 Å². The zero-order chi connectivity index (χ0) is 59.0. The third kappa shape index (κ3) is 16.6. The van der Waals surface area contributed by atoms with Crippen LogP contribution in [-0.2, 0) is 32.3 Å². The molecule has 6 atom stereocenters. The number of nitrogens with one attached hydrogen (secondary N) is 1. The molecule has 86 heavy (non-hydrogen) atoms. The summed E-state index contributed by atoms with van der Waals surface area (Å²) in [6.07, 6.45) is 18.2. The van der Waals surface area contributed by atoms with E-state index < -0.39 is 5.24 Å². The van der Waals surface area contributed by atoms with Crippen molar-refractivity contribution in [1.29, 1.82) is 15.8 Å². The summed E-state index contributed by atoms with van der Waals surface area (Å²) in [7, 11) is 0. The number of pyridine rings is 3. The third-order valence-corrected chi connectivity index (χ3v) is 16.3. The zero-order valence-electron chi connectivity index (χ0n) is 48.3. The predicted molar refractivity (Wildman–Crippen MR) is 326 cm³/mol. The van der Waals surface area contributed by atoms with Crippen LogP contribution in [0.5, 0.6) is 0 Å². The summed E-state index contributed by atoms with van der Waals surface area (Å²) in [4.78, 5) is 74.9. The van der Waals surface area contributed by atoms with Gasteiger partial charge in [0.05, 0.1) is 57.9 Å². The number of para-hydroxylation sites is 2. The van der Waals surface area contributed by atoms with Crippen LogP contribution in [-0.4, -0.2) is 161 Å². The first kappa shape index (κ1) is 66.6. The maximum Gasteiger partial charge on any atom is 1.00 e. The number of piperazine rings is 3. The van der Waals surface area contributed by atoms with Crippen LogP contribution in [0.1, 0.15) is 67.8 Å². The number of nitriles is 3. The average molecular weight is 1250 g/mol. The molecule has 6 aliphatic heterocycles. The fourth-order valence-electron chi connectivity index (χ4n) is 11.7. The van der Waals surface area contributed by atoms with E-state index in [1.165, 1.54) is 12.8 Å². The average Bonchev–Trinajstić information content (AvgIpc) is 2.26. The molecule has 2 amide bonds. The van der Waals surface area contributed by atoms with E-state index in [1.54, 1.807) is 55.5 Å². The number of halogens is 4. The van der Waals surface area contributed by atoms with Crippen molar-refractivity contribution in [3.8, 4) is 18.2 Å². The van der Waals surface area contributed by atoms with Gasteiger partial charge in [0.15, 0.2) is 0 Å². The fourth-order valence-corrected chi connectivity index (χ4v) is 11.9. The normalized spacial score (nSPS) is 20.0. The Morgan fingerprint density at radius 1 is 0.558 bits per heavy atom. The molecule has 0 spiro atoms. The minimum absolute atomic E-state index is 0. The maximum absolute atomic E-state index is 12.8. The first-order chi connectivity index (χ1) is 41.0. The summed E-state index contributed by atoms with van der Waals surface area (Å²) in [5.41, 5.74) is 6.72. The van der Waals surface area contributed by atoms with Gasteiger partial charge in [-0.1, -0.05) is 24.3 Å². The quantitative estimate of drug-likeness (QED) is 0.110. The van der Waals surface area contributed by atoms with E-state index in [0.717, 1.165) is 89.4 Å². The van der Waals surface area contributed by atoms with Gasteiger partial charge in [-0.15, -0.1) is 35.6 Å². The number of aliphatic hydroxyl groups excluding tert-OH is 1. The van der Waals surface area contributed by atoms with E-state index in [-0.39, 0.29) is 92.3 Å². The van der Waals surface area contributed by atoms with Crippen molar-refractivity contribution in [2.24, 2.45) is 0 Å². The van der Waals surface area contributed by atoms with Gasteiger partial charge >= 0.3 is 29.6 Å². The molecule has 6 bridgehead atoms. The number of nitrogens with zero attached hydrogens (tertiary/aromatic N) is 15. The standard InChI is InChI=1S/C23H22N6O2.C14H15ClN4O.C12H14N4.C9H8N2O.C2H2Cl2O.ClH.Na.H/c24-10-16-4-7-21(27-11-16)29-18-5-6-19(29)13-28(12-18)22(30)15-31-14-17-2-1-3-20-23(17)26-9-8-25-20;15-5-14(20)18-8-11-2-3-12(9-18)19(11)13-4-1-10(6-16)7-17-13;13-5-9-1-4-12(15-6-9)16-10-2-3-11(16)8-14-7-10;12-6-7-2-1-3-8-9(7)11-5-4-10-8;3-1-2(4)5;;;/h1-4,7-9,11,18-19H,5-6,12-15H2;1,4,7,11-12H,2-3,5,8-9H2;1,4,6,10-11,14H,2-3,7-8H2;1-5,12H,6H2;1H2;1H;;/q;;;;;;+1;-1. The molecule has 21 nitrogen and oxygen atoms in total.